The summed E-state index contributed by atoms with van der Waals surface area (Å²) in [5.74, 6) is 0.259. The Bertz CT molecular complexity index is 603. The molecule has 0 heterocycles. The summed E-state index contributed by atoms with van der Waals surface area (Å²) in [6, 6.07) is 5.98. The van der Waals surface area contributed by atoms with Crippen LogP contribution in [0, 0.1) is 0 Å². The highest BCUT2D eigenvalue weighted by molar-refractivity contribution is 8.01. The number of nitrogens with one attached hydrogen (secondary N) is 2. The number of rotatable bonds is 6. The van der Waals surface area contributed by atoms with Crippen LogP contribution in [0.1, 0.15) is 34.6 Å². The maximum absolute atomic E-state index is 12.0. The zero-order chi connectivity index (χ0) is 17.0. The third-order valence-electron chi connectivity index (χ3n) is 2.48. The van der Waals surface area contributed by atoms with E-state index < -0.39 is 10.0 Å². The summed E-state index contributed by atoms with van der Waals surface area (Å²) in [5, 5.41) is 2.76. The van der Waals surface area contributed by atoms with E-state index in [2.05, 4.69) is 10.0 Å². The van der Waals surface area contributed by atoms with Gasteiger partial charge in [-0.2, -0.15) is 0 Å². The zero-order valence-electron chi connectivity index (χ0n) is 13.6. The van der Waals surface area contributed by atoms with Crippen LogP contribution in [0.15, 0.2) is 29.2 Å². The fourth-order valence-electron chi connectivity index (χ4n) is 1.57. The molecule has 1 aromatic carbocycles. The number of benzene rings is 1. The van der Waals surface area contributed by atoms with E-state index in [1.807, 2.05) is 20.8 Å². The summed E-state index contributed by atoms with van der Waals surface area (Å²) >= 11 is 1.56. The lowest BCUT2D eigenvalue weighted by atomic mass is 10.3. The molecule has 0 aliphatic heterocycles. The van der Waals surface area contributed by atoms with Crippen molar-refractivity contribution >= 4 is 33.4 Å². The Morgan fingerprint density at radius 3 is 2.18 bits per heavy atom. The van der Waals surface area contributed by atoms with Crippen LogP contribution in [0.25, 0.3) is 0 Å². The molecule has 0 spiro atoms. The van der Waals surface area contributed by atoms with E-state index in [-0.39, 0.29) is 21.6 Å². The number of sulfonamides is 1. The van der Waals surface area contributed by atoms with Gasteiger partial charge in [-0.25, -0.2) is 13.1 Å². The van der Waals surface area contributed by atoms with Crippen molar-refractivity contribution in [3.05, 3.63) is 24.3 Å². The second-order valence-corrected chi connectivity index (χ2v) is 9.77. The van der Waals surface area contributed by atoms with Crippen molar-refractivity contribution < 1.29 is 13.2 Å². The SMILES string of the molecule is CC(C)NS(=O)(=O)c1ccc(NC(=O)CSC(C)(C)C)cc1. The summed E-state index contributed by atoms with van der Waals surface area (Å²) < 4.78 is 26.5. The number of carbonyl (C=O) groups excluding carboxylic acids is 1. The highest BCUT2D eigenvalue weighted by Gasteiger charge is 2.16. The van der Waals surface area contributed by atoms with Crippen molar-refractivity contribution in [2.75, 3.05) is 11.1 Å². The molecule has 0 fully saturated rings. The topological polar surface area (TPSA) is 75.3 Å². The van der Waals surface area contributed by atoms with Gasteiger partial charge in [-0.1, -0.05) is 20.8 Å². The monoisotopic (exact) mass is 344 g/mol. The highest BCUT2D eigenvalue weighted by atomic mass is 32.2. The largest absolute Gasteiger partial charge is 0.325 e. The molecule has 0 bridgehead atoms. The molecule has 2 N–H and O–H groups in total. The normalized spacial score (nSPS) is 12.5. The molecule has 7 heteroatoms. The van der Waals surface area contributed by atoms with Crippen LogP contribution < -0.4 is 10.0 Å². The summed E-state index contributed by atoms with van der Waals surface area (Å²) in [5.41, 5.74) is 0.586. The summed E-state index contributed by atoms with van der Waals surface area (Å²) in [4.78, 5) is 12.0. The van der Waals surface area contributed by atoms with Gasteiger partial charge in [-0.15, -0.1) is 11.8 Å². The third-order valence-corrected chi connectivity index (χ3v) is 5.42. The Morgan fingerprint density at radius 1 is 1.18 bits per heavy atom. The number of amides is 1. The molecule has 1 amide bonds. The van der Waals surface area contributed by atoms with Crippen molar-refractivity contribution in [2.45, 2.75) is 50.3 Å². The summed E-state index contributed by atoms with van der Waals surface area (Å²) in [7, 11) is -3.50. The molecule has 124 valence electrons. The van der Waals surface area contributed by atoms with Gasteiger partial charge in [0, 0.05) is 16.5 Å². The van der Waals surface area contributed by atoms with Gasteiger partial charge in [-0.3, -0.25) is 4.79 Å². The number of anilines is 1. The van der Waals surface area contributed by atoms with Crippen molar-refractivity contribution in [3.8, 4) is 0 Å². The molecule has 0 aliphatic rings. The zero-order valence-corrected chi connectivity index (χ0v) is 15.3. The van der Waals surface area contributed by atoms with Crippen LogP contribution in [0.5, 0.6) is 0 Å². The van der Waals surface area contributed by atoms with Gasteiger partial charge in [0.15, 0.2) is 0 Å². The quantitative estimate of drug-likeness (QED) is 0.832. The van der Waals surface area contributed by atoms with Crippen molar-refractivity contribution in [3.63, 3.8) is 0 Å². The Morgan fingerprint density at radius 2 is 1.73 bits per heavy atom. The molecular formula is C15H24N2O3S2. The van der Waals surface area contributed by atoms with Crippen LogP contribution in [-0.4, -0.2) is 30.9 Å². The lowest BCUT2D eigenvalue weighted by Gasteiger charge is -2.17. The number of thioether (sulfide) groups is 1. The van der Waals surface area contributed by atoms with Crippen LogP contribution in [0.3, 0.4) is 0 Å². The lowest BCUT2D eigenvalue weighted by molar-refractivity contribution is -0.113. The predicted octanol–water partition coefficient (Wildman–Crippen LogP) is 2.84. The molecule has 0 atom stereocenters. The molecule has 1 aromatic rings. The number of hydrogen-bond donors (Lipinski definition) is 2. The van der Waals surface area contributed by atoms with Gasteiger partial charge >= 0.3 is 0 Å². The van der Waals surface area contributed by atoms with E-state index in [0.717, 1.165) is 0 Å². The molecule has 0 aliphatic carbocycles. The van der Waals surface area contributed by atoms with E-state index in [4.69, 9.17) is 0 Å². The van der Waals surface area contributed by atoms with Gasteiger partial charge in [0.05, 0.1) is 10.6 Å². The Labute approximate surface area is 137 Å². The average Bonchev–Trinajstić information content (AvgIpc) is 2.35. The van der Waals surface area contributed by atoms with Gasteiger partial charge in [0.2, 0.25) is 15.9 Å². The van der Waals surface area contributed by atoms with E-state index in [9.17, 15) is 13.2 Å². The molecule has 0 saturated carbocycles. The Balaban J connectivity index is 2.68. The highest BCUT2D eigenvalue weighted by Crippen LogP contribution is 2.23. The van der Waals surface area contributed by atoms with Gasteiger partial charge in [0.25, 0.3) is 0 Å². The number of carbonyl (C=O) groups is 1. The molecule has 0 aromatic heterocycles. The Kier molecular flexibility index (Phi) is 6.46. The average molecular weight is 345 g/mol. The predicted molar refractivity (Wildman–Crippen MR) is 92.7 cm³/mol. The van der Waals surface area contributed by atoms with Gasteiger partial charge in [0.1, 0.15) is 0 Å². The van der Waals surface area contributed by atoms with Crippen LogP contribution >= 0.6 is 11.8 Å². The maximum atomic E-state index is 12.0. The minimum atomic E-state index is -3.50. The molecule has 5 nitrogen and oxygen atoms in total. The second kappa shape index (κ2) is 7.48. The fraction of sp³-hybridized carbons (Fsp3) is 0.533. The first-order chi connectivity index (χ1) is 9.99. The van der Waals surface area contributed by atoms with Crippen LogP contribution in [0.2, 0.25) is 0 Å². The second-order valence-electron chi connectivity index (χ2n) is 6.25. The van der Waals surface area contributed by atoms with Crippen molar-refractivity contribution in [2.24, 2.45) is 0 Å². The molecule has 0 saturated heterocycles. The van der Waals surface area contributed by atoms with Gasteiger partial charge < -0.3 is 5.32 Å². The minimum Gasteiger partial charge on any atom is -0.325 e. The van der Waals surface area contributed by atoms with Crippen LogP contribution in [-0.2, 0) is 14.8 Å². The van der Waals surface area contributed by atoms with E-state index >= 15 is 0 Å². The molecule has 0 radical (unpaired) electrons. The summed E-state index contributed by atoms with van der Waals surface area (Å²) in [6.45, 7) is 9.67. The van der Waals surface area contributed by atoms with Crippen molar-refractivity contribution in [1.82, 2.24) is 4.72 Å². The van der Waals surface area contributed by atoms with E-state index in [1.54, 1.807) is 37.7 Å². The lowest BCUT2D eigenvalue weighted by Crippen LogP contribution is -2.30. The fourth-order valence-corrected chi connectivity index (χ4v) is 3.46. The first-order valence-electron chi connectivity index (χ1n) is 7.06. The maximum Gasteiger partial charge on any atom is 0.240 e. The van der Waals surface area contributed by atoms with Crippen molar-refractivity contribution in [1.29, 1.82) is 0 Å². The smallest absolute Gasteiger partial charge is 0.240 e. The first-order valence-corrected chi connectivity index (χ1v) is 9.53. The standard InChI is InChI=1S/C15H24N2O3S2/c1-11(2)17-22(19,20)13-8-6-12(7-9-13)16-14(18)10-21-15(3,4)5/h6-9,11,17H,10H2,1-5H3,(H,16,18). The summed E-state index contributed by atoms with van der Waals surface area (Å²) in [6.07, 6.45) is 0. The molecule has 0 unspecified atom stereocenters. The molecule has 1 rings (SSSR count). The van der Waals surface area contributed by atoms with Crippen LogP contribution in [0.4, 0.5) is 5.69 Å². The van der Waals surface area contributed by atoms with E-state index in [1.165, 1.54) is 12.1 Å². The molecule has 22 heavy (non-hydrogen) atoms. The van der Waals surface area contributed by atoms with Gasteiger partial charge in [-0.05, 0) is 38.1 Å². The van der Waals surface area contributed by atoms with E-state index in [0.29, 0.717) is 11.4 Å². The first kappa shape index (κ1) is 19.0. The molecular weight excluding hydrogens is 320 g/mol. The Hall–Kier alpha value is -1.05. The minimum absolute atomic E-state index is 0.0256. The number of hydrogen-bond acceptors (Lipinski definition) is 4. The third kappa shape index (κ3) is 6.81.